The van der Waals surface area contributed by atoms with Crippen LogP contribution in [0.15, 0.2) is 32.0 Å². The summed E-state index contributed by atoms with van der Waals surface area (Å²) < 4.78 is 7.14. The lowest BCUT2D eigenvalue weighted by molar-refractivity contribution is 0.542. The molecule has 0 radical (unpaired) electrons. The molecule has 72 valence electrons. The van der Waals surface area contributed by atoms with Gasteiger partial charge in [-0.15, -0.1) is 0 Å². The molecule has 0 bridgehead atoms. The molecule has 0 unspecified atom stereocenters. The second-order valence-corrected chi connectivity index (χ2v) is 4.46. The van der Waals surface area contributed by atoms with E-state index < -0.39 is 0 Å². The van der Waals surface area contributed by atoms with Crippen LogP contribution in [-0.4, -0.2) is 9.97 Å². The zero-order chi connectivity index (χ0) is 10.1. The quantitative estimate of drug-likeness (QED) is 0.807. The summed E-state index contributed by atoms with van der Waals surface area (Å²) in [7, 11) is 0. The van der Waals surface area contributed by atoms with Crippen LogP contribution in [-0.2, 0) is 0 Å². The molecule has 0 amide bonds. The van der Waals surface area contributed by atoms with E-state index in [1.54, 1.807) is 18.6 Å². The lowest BCUT2D eigenvalue weighted by atomic mass is 10.3. The number of pyridine rings is 1. The van der Waals surface area contributed by atoms with Gasteiger partial charge in [0.2, 0.25) is 5.89 Å². The van der Waals surface area contributed by atoms with Crippen molar-refractivity contribution in [3.8, 4) is 11.5 Å². The third kappa shape index (κ3) is 1.74. The second kappa shape index (κ2) is 3.82. The van der Waals surface area contributed by atoms with Crippen LogP contribution in [0, 0.1) is 6.92 Å². The minimum atomic E-state index is 0.587. The molecule has 3 nitrogen and oxygen atoms in total. The highest BCUT2D eigenvalue weighted by atomic mass is 79.9. The normalized spacial score (nSPS) is 10.5. The summed E-state index contributed by atoms with van der Waals surface area (Å²) >= 11 is 6.80. The van der Waals surface area contributed by atoms with Crippen LogP contribution in [0.3, 0.4) is 0 Å². The van der Waals surface area contributed by atoms with Gasteiger partial charge in [0.15, 0.2) is 0 Å². The predicted molar refractivity (Wildman–Crippen MR) is 59.9 cm³/mol. The van der Waals surface area contributed by atoms with Gasteiger partial charge in [0.1, 0.15) is 5.76 Å². The SMILES string of the molecule is Cc1cnc(-c2c(Br)cncc2Br)o1. The fourth-order valence-electron chi connectivity index (χ4n) is 1.09. The average Bonchev–Trinajstić information content (AvgIpc) is 2.51. The molecule has 2 aromatic heterocycles. The van der Waals surface area contributed by atoms with Crippen molar-refractivity contribution in [3.63, 3.8) is 0 Å². The summed E-state index contributed by atoms with van der Waals surface area (Å²) in [6.07, 6.45) is 5.11. The Balaban J connectivity index is 2.61. The third-order valence-electron chi connectivity index (χ3n) is 1.69. The molecule has 0 aromatic carbocycles. The highest BCUT2D eigenvalue weighted by Gasteiger charge is 2.12. The highest BCUT2D eigenvalue weighted by Crippen LogP contribution is 2.33. The molecule has 0 aliphatic rings. The van der Waals surface area contributed by atoms with Gasteiger partial charge in [-0.25, -0.2) is 4.98 Å². The molecule has 0 atom stereocenters. The highest BCUT2D eigenvalue weighted by molar-refractivity contribution is 9.11. The van der Waals surface area contributed by atoms with Gasteiger partial charge >= 0.3 is 0 Å². The Labute approximate surface area is 97.8 Å². The van der Waals surface area contributed by atoms with Crippen LogP contribution < -0.4 is 0 Å². The Morgan fingerprint density at radius 2 is 1.79 bits per heavy atom. The molecule has 2 aromatic rings. The van der Waals surface area contributed by atoms with Gasteiger partial charge in [-0.2, -0.15) is 0 Å². The van der Waals surface area contributed by atoms with Gasteiger partial charge in [0.05, 0.1) is 11.8 Å². The van der Waals surface area contributed by atoms with Crippen molar-refractivity contribution in [1.29, 1.82) is 0 Å². The molecule has 0 saturated heterocycles. The molecule has 0 aliphatic heterocycles. The number of hydrogen-bond donors (Lipinski definition) is 0. The van der Waals surface area contributed by atoms with Crippen molar-refractivity contribution in [2.24, 2.45) is 0 Å². The Bertz CT molecular complexity index is 447. The summed E-state index contributed by atoms with van der Waals surface area (Å²) in [4.78, 5) is 8.17. The van der Waals surface area contributed by atoms with Gasteiger partial charge in [0.25, 0.3) is 0 Å². The molecular weight excluding hydrogens is 312 g/mol. The van der Waals surface area contributed by atoms with Crippen LogP contribution in [0.1, 0.15) is 5.76 Å². The maximum Gasteiger partial charge on any atom is 0.228 e. The number of rotatable bonds is 1. The second-order valence-electron chi connectivity index (χ2n) is 2.75. The fraction of sp³-hybridized carbons (Fsp3) is 0.111. The molecule has 14 heavy (non-hydrogen) atoms. The Morgan fingerprint density at radius 3 is 2.29 bits per heavy atom. The summed E-state index contributed by atoms with van der Waals surface area (Å²) in [6.45, 7) is 1.86. The fourth-order valence-corrected chi connectivity index (χ4v) is 2.35. The van der Waals surface area contributed by atoms with Crippen LogP contribution in [0.4, 0.5) is 0 Å². The monoisotopic (exact) mass is 316 g/mol. The van der Waals surface area contributed by atoms with Crippen molar-refractivity contribution in [3.05, 3.63) is 33.3 Å². The summed E-state index contributed by atoms with van der Waals surface area (Å²) in [5, 5.41) is 0. The van der Waals surface area contributed by atoms with E-state index >= 15 is 0 Å². The minimum Gasteiger partial charge on any atom is -0.441 e. The van der Waals surface area contributed by atoms with Crippen molar-refractivity contribution < 1.29 is 4.42 Å². The number of aryl methyl sites for hydroxylation is 1. The minimum absolute atomic E-state index is 0.587. The van der Waals surface area contributed by atoms with Gasteiger partial charge in [-0.05, 0) is 38.8 Å². The van der Waals surface area contributed by atoms with E-state index in [2.05, 4.69) is 41.8 Å². The van der Waals surface area contributed by atoms with E-state index in [0.29, 0.717) is 5.89 Å². The molecule has 2 heterocycles. The Kier molecular flexibility index (Phi) is 2.69. The average molecular weight is 318 g/mol. The van der Waals surface area contributed by atoms with Gasteiger partial charge in [0, 0.05) is 21.3 Å². The first kappa shape index (κ1) is 9.86. The largest absolute Gasteiger partial charge is 0.441 e. The van der Waals surface area contributed by atoms with E-state index in [1.165, 1.54) is 0 Å². The molecule has 5 heteroatoms. The molecule has 0 saturated carbocycles. The molecule has 0 aliphatic carbocycles. The first-order chi connectivity index (χ1) is 6.68. The summed E-state index contributed by atoms with van der Waals surface area (Å²) in [5.74, 6) is 1.37. The van der Waals surface area contributed by atoms with Gasteiger partial charge in [-0.1, -0.05) is 0 Å². The molecule has 0 N–H and O–H groups in total. The van der Waals surface area contributed by atoms with E-state index in [-0.39, 0.29) is 0 Å². The number of aromatic nitrogens is 2. The van der Waals surface area contributed by atoms with Crippen LogP contribution in [0.2, 0.25) is 0 Å². The van der Waals surface area contributed by atoms with Crippen LogP contribution in [0.5, 0.6) is 0 Å². The number of halogens is 2. The van der Waals surface area contributed by atoms with E-state index in [0.717, 1.165) is 20.3 Å². The van der Waals surface area contributed by atoms with Crippen molar-refractivity contribution in [2.45, 2.75) is 6.92 Å². The first-order valence-electron chi connectivity index (χ1n) is 3.90. The lowest BCUT2D eigenvalue weighted by Gasteiger charge is -2.01. The molecule has 0 fully saturated rings. The number of oxazole rings is 1. The van der Waals surface area contributed by atoms with E-state index in [1.807, 2.05) is 6.92 Å². The van der Waals surface area contributed by atoms with Crippen molar-refractivity contribution in [1.82, 2.24) is 9.97 Å². The van der Waals surface area contributed by atoms with E-state index in [4.69, 9.17) is 4.42 Å². The molecule has 2 rings (SSSR count). The summed E-state index contributed by atoms with van der Waals surface area (Å²) in [6, 6.07) is 0. The van der Waals surface area contributed by atoms with Crippen LogP contribution >= 0.6 is 31.9 Å². The summed E-state index contributed by atoms with van der Waals surface area (Å²) in [5.41, 5.74) is 0.883. The molecular formula is C9H6Br2N2O. The van der Waals surface area contributed by atoms with Crippen molar-refractivity contribution >= 4 is 31.9 Å². The van der Waals surface area contributed by atoms with E-state index in [9.17, 15) is 0 Å². The lowest BCUT2D eigenvalue weighted by Crippen LogP contribution is -1.83. The maximum atomic E-state index is 5.43. The van der Waals surface area contributed by atoms with Gasteiger partial charge in [-0.3, -0.25) is 4.98 Å². The number of hydrogen-bond acceptors (Lipinski definition) is 3. The third-order valence-corrected chi connectivity index (χ3v) is 2.89. The number of nitrogens with zero attached hydrogens (tertiary/aromatic N) is 2. The van der Waals surface area contributed by atoms with Gasteiger partial charge < -0.3 is 4.42 Å². The molecule has 0 spiro atoms. The first-order valence-corrected chi connectivity index (χ1v) is 5.49. The maximum absolute atomic E-state index is 5.43. The van der Waals surface area contributed by atoms with Crippen LogP contribution in [0.25, 0.3) is 11.5 Å². The zero-order valence-electron chi connectivity index (χ0n) is 7.29. The Hall–Kier alpha value is -0.680. The van der Waals surface area contributed by atoms with Crippen molar-refractivity contribution in [2.75, 3.05) is 0 Å². The Morgan fingerprint density at radius 1 is 1.14 bits per heavy atom. The topological polar surface area (TPSA) is 38.9 Å². The smallest absolute Gasteiger partial charge is 0.228 e. The predicted octanol–water partition coefficient (Wildman–Crippen LogP) is 3.57. The zero-order valence-corrected chi connectivity index (χ0v) is 10.5. The standard InChI is InChI=1S/C9H6Br2N2O/c1-5-2-13-9(14-5)8-6(10)3-12-4-7(8)11/h2-4H,1H3.